The van der Waals surface area contributed by atoms with Gasteiger partial charge in [0.2, 0.25) is 65.0 Å². The zero-order valence-electron chi connectivity index (χ0n) is 56.7. The van der Waals surface area contributed by atoms with Crippen LogP contribution in [-0.4, -0.2) is 227 Å². The van der Waals surface area contributed by atoms with Gasteiger partial charge in [-0.05, 0) is 93.8 Å². The number of nitriles is 1. The number of aliphatic hydroxyl groups excluding tert-OH is 1. The van der Waals surface area contributed by atoms with Crippen LogP contribution in [0.4, 0.5) is 0 Å². The van der Waals surface area contributed by atoms with Gasteiger partial charge < -0.3 is 60.7 Å². The number of aliphatic hydroxyl groups is 1. The Bertz CT molecular complexity index is 2440. The molecule has 0 spiro atoms. The van der Waals surface area contributed by atoms with Gasteiger partial charge in [-0.25, -0.2) is 0 Å². The highest BCUT2D eigenvalue weighted by atomic mass is 16.3. The molecule has 0 unspecified atom stereocenters. The number of nitrogens with one attached hydrogen (secondary N) is 4. The predicted molar refractivity (Wildman–Crippen MR) is 333 cm³/mol. The summed E-state index contributed by atoms with van der Waals surface area (Å²) in [6.07, 6.45) is 2.27. The molecule has 87 heavy (non-hydrogen) atoms. The second-order valence-corrected chi connectivity index (χ2v) is 26.3. The summed E-state index contributed by atoms with van der Waals surface area (Å²) in [5, 5.41) is 32.9. The first-order valence-corrected chi connectivity index (χ1v) is 31.0. The molecule has 5 N–H and O–H groups in total. The van der Waals surface area contributed by atoms with Crippen molar-refractivity contribution in [1.82, 2.24) is 55.6 Å². The van der Waals surface area contributed by atoms with E-state index in [9.17, 15) is 48.7 Å². The summed E-state index contributed by atoms with van der Waals surface area (Å²) in [6.45, 7) is 27.5. The molecule has 1 rings (SSSR count). The summed E-state index contributed by atoms with van der Waals surface area (Å²) >= 11 is 0. The van der Waals surface area contributed by atoms with Gasteiger partial charge in [0.25, 0.3) is 0 Å². The standard InChI is InChI=1S/C63H110N12O12/c1-24-26-27-41(15)53(77)52-57(81)66-43(25-2)58(82)69(17)34-49(76)70(18)45(30-35(3)4)56(80)68-50(39(11)12)62(86)71(19)46(31-36(5)6)55(79)65-42(16)54(78)67-44(28-29-64)59(83)72(20)47(32-37(7)8)60(84)73(21)48(33-38(9)10)61(85)74(22)51(40(13)14)63(87)75(52)23/h24,26,35-48,50-53,77H,25,27-28,30-34H2,1-23H3,(H,65,79)(H,66,81)(H,67,78)(H,68,80)/b26-24+/t41-,42+,43+,44-,45+,46+,47+,48+,50+,51+,52+,53-/m1/s1. The molecule has 11 amide bonds. The Labute approximate surface area is 519 Å². The van der Waals surface area contributed by atoms with Crippen molar-refractivity contribution in [2.45, 2.75) is 222 Å². The molecule has 24 heteroatoms. The molecule has 0 aromatic carbocycles. The maximum Gasteiger partial charge on any atom is 0.246 e. The Morgan fingerprint density at radius 2 is 0.931 bits per heavy atom. The lowest BCUT2D eigenvalue weighted by Crippen LogP contribution is -2.63. The first kappa shape index (κ1) is 78.4. The molecule has 1 fully saturated rings. The van der Waals surface area contributed by atoms with E-state index in [-0.39, 0.29) is 55.8 Å². The van der Waals surface area contributed by atoms with Crippen molar-refractivity contribution >= 4 is 65.0 Å². The van der Waals surface area contributed by atoms with E-state index in [4.69, 9.17) is 0 Å². The van der Waals surface area contributed by atoms with Crippen LogP contribution < -0.4 is 21.3 Å². The molecule has 494 valence electrons. The summed E-state index contributed by atoms with van der Waals surface area (Å²) in [7, 11) is 9.72. The first-order chi connectivity index (χ1) is 40.2. The van der Waals surface area contributed by atoms with Crippen LogP contribution in [0.15, 0.2) is 12.2 Å². The van der Waals surface area contributed by atoms with Gasteiger partial charge >= 0.3 is 0 Å². The van der Waals surface area contributed by atoms with Gasteiger partial charge in [0, 0.05) is 49.3 Å². The molecular weight excluding hydrogens is 1120 g/mol. The summed E-state index contributed by atoms with van der Waals surface area (Å²) < 4.78 is 0. The fraction of sp³-hybridized carbons (Fsp3) is 0.778. The van der Waals surface area contributed by atoms with Crippen molar-refractivity contribution < 1.29 is 57.8 Å². The average Bonchev–Trinajstić information content (AvgIpc) is 1.08. The van der Waals surface area contributed by atoms with E-state index >= 15 is 14.4 Å². The van der Waals surface area contributed by atoms with Crippen LogP contribution >= 0.6 is 0 Å². The fourth-order valence-electron chi connectivity index (χ4n) is 10.8. The number of carbonyl (C=O) groups excluding carboxylic acids is 11. The van der Waals surface area contributed by atoms with Crippen molar-refractivity contribution in [3.05, 3.63) is 12.2 Å². The van der Waals surface area contributed by atoms with E-state index < -0.39 is 162 Å². The van der Waals surface area contributed by atoms with Crippen molar-refractivity contribution in [1.29, 1.82) is 5.26 Å². The van der Waals surface area contributed by atoms with Crippen molar-refractivity contribution in [3.8, 4) is 6.07 Å². The number of allylic oxidation sites excluding steroid dienone is 2. The third-order valence-electron chi connectivity index (χ3n) is 16.3. The minimum Gasteiger partial charge on any atom is -0.390 e. The largest absolute Gasteiger partial charge is 0.390 e. The SMILES string of the molecule is C/C=C/C[C@@H](C)[C@@H](O)[C@H]1C(=O)N[C@@H](CC)C(=O)N(C)CC(=O)N(C)[C@@H](CC(C)C)C(=O)N[C@@H](C(C)C)C(=O)N(C)[C@@H](CC(C)C)C(=O)N[C@@H](C)C(=O)N[C@H](CC#N)C(=O)N(C)[C@@H](CC(C)C)C(=O)N(C)[C@@H](CC(C)C)C(=O)N(C)[C@@H](C(C)C)C(=O)N1C. The monoisotopic (exact) mass is 1230 g/mol. The first-order valence-electron chi connectivity index (χ1n) is 31.0. The lowest BCUT2D eigenvalue weighted by molar-refractivity contribution is -0.157. The molecule has 24 nitrogen and oxygen atoms in total. The Balaban J connectivity index is 4.40. The van der Waals surface area contributed by atoms with Crippen LogP contribution in [0.1, 0.15) is 156 Å². The van der Waals surface area contributed by atoms with Crippen LogP contribution in [0, 0.1) is 52.8 Å². The van der Waals surface area contributed by atoms with E-state index in [1.165, 1.54) is 75.9 Å². The third kappa shape index (κ3) is 22.2. The van der Waals surface area contributed by atoms with Gasteiger partial charge in [0.15, 0.2) is 0 Å². The molecular formula is C63H110N12O12. The number of nitrogens with zero attached hydrogens (tertiary/aromatic N) is 8. The molecule has 0 aliphatic carbocycles. The summed E-state index contributed by atoms with van der Waals surface area (Å²) in [6, 6.07) is -11.1. The molecule has 0 saturated carbocycles. The maximum absolute atomic E-state index is 15.2. The van der Waals surface area contributed by atoms with Gasteiger partial charge in [-0.3, -0.25) is 52.7 Å². The number of amides is 11. The van der Waals surface area contributed by atoms with Crippen LogP contribution in [0.3, 0.4) is 0 Å². The lowest BCUT2D eigenvalue weighted by Gasteiger charge is -2.41. The molecule has 1 saturated heterocycles. The Kier molecular flexibility index (Phi) is 32.4. The smallest absolute Gasteiger partial charge is 0.246 e. The van der Waals surface area contributed by atoms with Crippen molar-refractivity contribution in [2.75, 3.05) is 55.9 Å². The van der Waals surface area contributed by atoms with E-state index in [2.05, 4.69) is 21.3 Å². The Morgan fingerprint density at radius 3 is 1.38 bits per heavy atom. The third-order valence-corrected chi connectivity index (χ3v) is 16.3. The molecule has 0 bridgehead atoms. The van der Waals surface area contributed by atoms with Gasteiger partial charge in [-0.15, -0.1) is 0 Å². The van der Waals surface area contributed by atoms with Crippen molar-refractivity contribution in [2.24, 2.45) is 41.4 Å². The van der Waals surface area contributed by atoms with E-state index in [0.717, 1.165) is 14.7 Å². The highest BCUT2D eigenvalue weighted by Gasteiger charge is 2.46. The Hall–Kier alpha value is -6.64. The van der Waals surface area contributed by atoms with Crippen molar-refractivity contribution in [3.63, 3.8) is 0 Å². The predicted octanol–water partition coefficient (Wildman–Crippen LogP) is 3.16. The number of likely N-dealkylation sites (N-methyl/N-ethyl adjacent to an activating group) is 7. The van der Waals surface area contributed by atoms with Gasteiger partial charge in [-0.1, -0.05) is 109 Å². The molecule has 1 heterocycles. The molecule has 0 radical (unpaired) electrons. The molecule has 1 aliphatic rings. The normalized spacial score (nSPS) is 26.4. The average molecular weight is 1230 g/mol. The number of rotatable bonds is 16. The number of hydrogen-bond donors (Lipinski definition) is 5. The van der Waals surface area contributed by atoms with Gasteiger partial charge in [-0.2, -0.15) is 5.26 Å². The highest BCUT2D eigenvalue weighted by Crippen LogP contribution is 2.26. The fourth-order valence-corrected chi connectivity index (χ4v) is 10.8. The second kappa shape index (κ2) is 36.0. The quantitative estimate of drug-likeness (QED) is 0.139. The maximum atomic E-state index is 15.2. The molecule has 0 aromatic heterocycles. The van der Waals surface area contributed by atoms with E-state index in [0.29, 0.717) is 6.42 Å². The van der Waals surface area contributed by atoms with Gasteiger partial charge in [0.1, 0.15) is 60.4 Å². The second-order valence-electron chi connectivity index (χ2n) is 26.3. The van der Waals surface area contributed by atoms with E-state index in [1.807, 2.05) is 61.5 Å². The Morgan fingerprint density at radius 1 is 0.506 bits per heavy atom. The summed E-state index contributed by atoms with van der Waals surface area (Å²) in [5.41, 5.74) is 0. The number of hydrogen-bond acceptors (Lipinski definition) is 13. The van der Waals surface area contributed by atoms with Crippen LogP contribution in [-0.2, 0) is 52.7 Å². The van der Waals surface area contributed by atoms with E-state index in [1.54, 1.807) is 60.6 Å². The minimum atomic E-state index is -1.63. The highest BCUT2D eigenvalue weighted by molar-refractivity contribution is 5.99. The topological polar surface area (TPSA) is 303 Å². The molecule has 1 aliphatic heterocycles. The van der Waals surface area contributed by atoms with Crippen LogP contribution in [0.2, 0.25) is 0 Å². The number of carbonyl (C=O) groups is 11. The zero-order chi connectivity index (χ0) is 67.4. The lowest BCUT2D eigenvalue weighted by atomic mass is 9.91. The minimum absolute atomic E-state index is 0.0104. The summed E-state index contributed by atoms with van der Waals surface area (Å²) in [4.78, 5) is 169. The zero-order valence-corrected chi connectivity index (χ0v) is 56.7. The summed E-state index contributed by atoms with van der Waals surface area (Å²) in [5.74, 6) is -10.5. The molecule has 12 atom stereocenters. The van der Waals surface area contributed by atoms with Crippen LogP contribution in [0.5, 0.6) is 0 Å². The van der Waals surface area contributed by atoms with Gasteiger partial charge in [0.05, 0.1) is 25.1 Å². The molecule has 0 aromatic rings. The van der Waals surface area contributed by atoms with Crippen LogP contribution in [0.25, 0.3) is 0 Å².